The van der Waals surface area contributed by atoms with Crippen molar-refractivity contribution in [2.24, 2.45) is 11.8 Å². The van der Waals surface area contributed by atoms with Gasteiger partial charge in [0.05, 0.1) is 12.2 Å². The molecule has 0 radical (unpaired) electrons. The van der Waals surface area contributed by atoms with Gasteiger partial charge >= 0.3 is 5.97 Å². The van der Waals surface area contributed by atoms with Gasteiger partial charge in [-0.1, -0.05) is 43.7 Å². The first-order valence-corrected chi connectivity index (χ1v) is 15.5. The molecule has 3 atom stereocenters. The van der Waals surface area contributed by atoms with Gasteiger partial charge in [0.15, 0.2) is 0 Å². The van der Waals surface area contributed by atoms with Crippen molar-refractivity contribution in [3.05, 3.63) is 59.2 Å². The second kappa shape index (κ2) is 13.4. The van der Waals surface area contributed by atoms with E-state index >= 15 is 0 Å². The van der Waals surface area contributed by atoms with Gasteiger partial charge in [0.1, 0.15) is 16.7 Å². The van der Waals surface area contributed by atoms with Crippen LogP contribution in [-0.2, 0) is 6.54 Å². The number of benzene rings is 2. The van der Waals surface area contributed by atoms with E-state index in [2.05, 4.69) is 16.7 Å². The van der Waals surface area contributed by atoms with Crippen LogP contribution in [0.25, 0.3) is 0 Å². The van der Waals surface area contributed by atoms with E-state index in [0.717, 1.165) is 17.5 Å². The van der Waals surface area contributed by atoms with Crippen molar-refractivity contribution in [1.29, 1.82) is 0 Å². The first-order chi connectivity index (χ1) is 19.1. The first kappa shape index (κ1) is 30.4. The fourth-order valence-corrected chi connectivity index (χ4v) is 7.39. The lowest BCUT2D eigenvalue weighted by Crippen LogP contribution is -2.48. The summed E-state index contributed by atoms with van der Waals surface area (Å²) >= 11 is 0. The minimum Gasteiger partial charge on any atom is -0.487 e. The fourth-order valence-electron chi connectivity index (χ4n) is 5.50. The Morgan fingerprint density at radius 2 is 1.88 bits per heavy atom. The normalized spacial score (nSPS) is 22.8. The van der Waals surface area contributed by atoms with Crippen molar-refractivity contribution in [3.8, 4) is 17.6 Å². The summed E-state index contributed by atoms with van der Waals surface area (Å²) in [7, 11) is -1.43. The Morgan fingerprint density at radius 1 is 1.18 bits per heavy atom. The highest BCUT2D eigenvalue weighted by Crippen LogP contribution is 2.57. The molecular weight excluding hydrogens is 528 g/mol. The van der Waals surface area contributed by atoms with E-state index in [1.54, 1.807) is 29.4 Å². The highest BCUT2D eigenvalue weighted by molar-refractivity contribution is 8.22. The van der Waals surface area contributed by atoms with E-state index in [-0.39, 0.29) is 24.2 Å². The summed E-state index contributed by atoms with van der Waals surface area (Å²) in [6.45, 7) is 5.08. The minimum absolute atomic E-state index is 0.0951. The second-order valence-corrected chi connectivity index (χ2v) is 13.2. The summed E-state index contributed by atoms with van der Waals surface area (Å²) in [4.78, 5) is 13.6. The van der Waals surface area contributed by atoms with E-state index in [4.69, 9.17) is 4.74 Å². The Labute approximate surface area is 239 Å². The Balaban J connectivity index is 1.59. The Morgan fingerprint density at radius 3 is 2.52 bits per heavy atom. The van der Waals surface area contributed by atoms with Gasteiger partial charge in [-0.05, 0) is 68.6 Å². The van der Waals surface area contributed by atoms with E-state index in [0.29, 0.717) is 36.2 Å². The zero-order valence-corrected chi connectivity index (χ0v) is 24.4. The maximum absolute atomic E-state index is 11.4. The molecule has 2 aromatic carbocycles. The van der Waals surface area contributed by atoms with E-state index in [1.165, 1.54) is 25.7 Å². The molecule has 0 saturated heterocycles. The van der Waals surface area contributed by atoms with Crippen molar-refractivity contribution in [2.45, 2.75) is 69.5 Å². The summed E-state index contributed by atoms with van der Waals surface area (Å²) in [6.07, 6.45) is 5.61. The van der Waals surface area contributed by atoms with Crippen LogP contribution in [0.2, 0.25) is 0 Å². The van der Waals surface area contributed by atoms with Crippen molar-refractivity contribution < 1.29 is 28.8 Å². The molecule has 9 heteroatoms. The molecule has 1 heterocycles. The lowest BCUT2D eigenvalue weighted by atomic mass is 10.0. The zero-order chi connectivity index (χ0) is 28.9. The number of carboxylic acid groups (broad SMARTS) is 1. The summed E-state index contributed by atoms with van der Waals surface area (Å²) in [6, 6.07) is 11.7. The maximum atomic E-state index is 11.4. The molecule has 0 spiro atoms. The standard InChI is InChI=1S/C31H42N2O6S/c1-22-18-33(23(2)21-34)40(37,38)30-16-13-25(10-6-9-24-7-4-5-8-24)17-28(30)39-29(22)20-32(3)19-26-11-14-27(15-12-26)31(35)36/h11-17,22-24,29,34,37-38H,4-5,7-9,18-21H2,1-3H3,(H,35,36)/t22-,23?,29+/m1/s1. The van der Waals surface area contributed by atoms with Crippen LogP contribution in [0.4, 0.5) is 0 Å². The molecule has 40 heavy (non-hydrogen) atoms. The number of likely N-dealkylation sites (N-methyl/N-ethyl adjacent to an activating group) is 1. The molecule has 1 aliphatic heterocycles. The first-order valence-electron chi connectivity index (χ1n) is 14.0. The van der Waals surface area contributed by atoms with Crippen molar-refractivity contribution >= 4 is 16.7 Å². The molecule has 8 nitrogen and oxygen atoms in total. The maximum Gasteiger partial charge on any atom is 0.335 e. The number of carboxylic acids is 1. The molecule has 1 unspecified atom stereocenters. The molecule has 2 aliphatic rings. The summed E-state index contributed by atoms with van der Waals surface area (Å²) in [5.74, 6) is 6.58. The number of rotatable bonds is 8. The van der Waals surface area contributed by atoms with E-state index in [9.17, 15) is 24.1 Å². The molecule has 2 aromatic rings. The minimum atomic E-state index is -3.41. The average Bonchev–Trinajstić information content (AvgIpc) is 3.44. The van der Waals surface area contributed by atoms with Gasteiger partial charge in [0.25, 0.3) is 0 Å². The highest BCUT2D eigenvalue weighted by atomic mass is 32.3. The van der Waals surface area contributed by atoms with Crippen molar-refractivity contribution in [2.75, 3.05) is 26.7 Å². The number of nitrogens with zero attached hydrogens (tertiary/aromatic N) is 2. The Kier molecular flexibility index (Phi) is 10.2. The van der Waals surface area contributed by atoms with E-state index < -0.39 is 22.8 Å². The van der Waals surface area contributed by atoms with Gasteiger partial charge < -0.3 is 14.9 Å². The van der Waals surface area contributed by atoms with Crippen LogP contribution < -0.4 is 4.74 Å². The van der Waals surface area contributed by atoms with Crippen molar-refractivity contribution in [3.63, 3.8) is 0 Å². The van der Waals surface area contributed by atoms with Crippen LogP contribution in [0.1, 0.15) is 67.4 Å². The van der Waals surface area contributed by atoms with Crippen LogP contribution in [0, 0.1) is 23.7 Å². The molecule has 4 N–H and O–H groups in total. The van der Waals surface area contributed by atoms with Crippen molar-refractivity contribution in [1.82, 2.24) is 9.21 Å². The summed E-state index contributed by atoms with van der Waals surface area (Å²) < 4.78 is 31.0. The zero-order valence-electron chi connectivity index (χ0n) is 23.6. The number of fused-ring (bicyclic) bond motifs is 1. The number of hydrogen-bond donors (Lipinski definition) is 4. The predicted octanol–water partition coefficient (Wildman–Crippen LogP) is 5.55. The van der Waals surface area contributed by atoms with Crippen LogP contribution in [0.3, 0.4) is 0 Å². The number of carbonyl (C=O) groups is 1. The molecule has 1 aliphatic carbocycles. The van der Waals surface area contributed by atoms with Gasteiger partial charge in [-0.15, -0.1) is 10.8 Å². The number of aliphatic hydroxyl groups excluding tert-OH is 1. The molecule has 1 saturated carbocycles. The molecule has 218 valence electrons. The summed E-state index contributed by atoms with van der Waals surface area (Å²) in [5, 5.41) is 19.1. The quantitative estimate of drug-likeness (QED) is 0.306. The molecule has 4 rings (SSSR count). The van der Waals surface area contributed by atoms with Gasteiger partial charge in [0.2, 0.25) is 0 Å². The third kappa shape index (κ3) is 7.38. The second-order valence-electron chi connectivity index (χ2n) is 11.3. The van der Waals surface area contributed by atoms with Crippen LogP contribution in [0.5, 0.6) is 5.75 Å². The molecule has 0 amide bonds. The predicted molar refractivity (Wildman–Crippen MR) is 158 cm³/mol. The van der Waals surface area contributed by atoms with Gasteiger partial charge in [-0.3, -0.25) is 14.0 Å². The van der Waals surface area contributed by atoms with Crippen LogP contribution in [-0.4, -0.2) is 73.4 Å². The largest absolute Gasteiger partial charge is 0.487 e. The number of aromatic carboxylic acids is 1. The average molecular weight is 571 g/mol. The van der Waals surface area contributed by atoms with Crippen LogP contribution in [0.15, 0.2) is 47.4 Å². The van der Waals surface area contributed by atoms with Gasteiger partial charge in [0, 0.05) is 43.6 Å². The Bertz CT molecular complexity index is 1220. The third-order valence-electron chi connectivity index (χ3n) is 7.95. The molecule has 0 aromatic heterocycles. The van der Waals surface area contributed by atoms with Gasteiger partial charge in [-0.25, -0.2) is 4.79 Å². The SMILES string of the molecule is CC(CO)N1C[C@@H](C)[C@H](CN(C)Cc2ccc(C(=O)O)cc2)Oc2cc(C#CCC3CCCC3)ccc2S1(O)O. The third-order valence-corrected chi connectivity index (χ3v) is 10.0. The molecule has 0 bridgehead atoms. The number of aliphatic hydroxyl groups is 1. The number of hydrogen-bond acceptors (Lipinski definition) is 7. The summed E-state index contributed by atoms with van der Waals surface area (Å²) in [5.41, 5.74) is 2.00. The topological polar surface area (TPSA) is 114 Å². The number of ether oxygens (including phenoxy) is 1. The van der Waals surface area contributed by atoms with E-state index in [1.807, 2.05) is 38.2 Å². The lowest BCUT2D eigenvalue weighted by molar-refractivity contribution is 0.0694. The lowest BCUT2D eigenvalue weighted by Gasteiger charge is -2.49. The van der Waals surface area contributed by atoms with Crippen LogP contribution >= 0.6 is 10.8 Å². The van der Waals surface area contributed by atoms with Gasteiger partial charge in [-0.2, -0.15) is 4.31 Å². The molecule has 1 fully saturated rings. The molecular formula is C31H42N2O6S. The Hall–Kier alpha value is -2.58. The highest BCUT2D eigenvalue weighted by Gasteiger charge is 2.38. The smallest absolute Gasteiger partial charge is 0.335 e. The fraction of sp³-hybridized carbons (Fsp3) is 0.516. The monoisotopic (exact) mass is 570 g/mol.